The van der Waals surface area contributed by atoms with Gasteiger partial charge >= 0.3 is 5.97 Å². The smallest absolute Gasteiger partial charge is 0.310 e. The van der Waals surface area contributed by atoms with Gasteiger partial charge in [-0.2, -0.15) is 0 Å². The van der Waals surface area contributed by atoms with Gasteiger partial charge < -0.3 is 9.47 Å². The first kappa shape index (κ1) is 16.0. The summed E-state index contributed by atoms with van der Waals surface area (Å²) in [6.07, 6.45) is 0.262. The zero-order valence-corrected chi connectivity index (χ0v) is 12.8. The van der Waals surface area contributed by atoms with Crippen LogP contribution in [0.1, 0.15) is 23.6 Å². The summed E-state index contributed by atoms with van der Waals surface area (Å²) in [5, 5.41) is 0. The van der Waals surface area contributed by atoms with Gasteiger partial charge in [-0.1, -0.05) is 18.2 Å². The molecule has 0 aromatic heterocycles. The molecule has 0 fully saturated rings. The Bertz CT molecular complexity index is 635. The van der Waals surface area contributed by atoms with E-state index in [1.807, 2.05) is 25.1 Å². The molecule has 0 N–H and O–H groups in total. The maximum Gasteiger partial charge on any atom is 0.310 e. The molecule has 0 saturated heterocycles. The van der Waals surface area contributed by atoms with E-state index in [2.05, 4.69) is 0 Å². The van der Waals surface area contributed by atoms with Crippen LogP contribution < -0.4 is 4.74 Å². The summed E-state index contributed by atoms with van der Waals surface area (Å²) in [5.74, 6) is 0.225. The van der Waals surface area contributed by atoms with Gasteiger partial charge in [-0.3, -0.25) is 4.79 Å². The average molecular weight is 302 g/mol. The standard InChI is InChI=1S/C18H19FO3/c1-3-21-18(20)11-15-6-9-17(10-13(15)2)22-12-14-4-7-16(19)8-5-14/h4-10H,3,11-12H2,1-2H3. The average Bonchev–Trinajstić information content (AvgIpc) is 2.49. The van der Waals surface area contributed by atoms with Crippen molar-refractivity contribution >= 4 is 5.97 Å². The Balaban J connectivity index is 1.97. The maximum absolute atomic E-state index is 12.8. The largest absolute Gasteiger partial charge is 0.489 e. The highest BCUT2D eigenvalue weighted by Crippen LogP contribution is 2.19. The number of halogens is 1. The Morgan fingerprint density at radius 3 is 2.50 bits per heavy atom. The van der Waals surface area contributed by atoms with Crippen LogP contribution in [0.15, 0.2) is 42.5 Å². The number of aryl methyl sites for hydroxylation is 1. The molecule has 0 aliphatic rings. The number of hydrogen-bond donors (Lipinski definition) is 0. The number of hydrogen-bond acceptors (Lipinski definition) is 3. The van der Waals surface area contributed by atoms with Crippen molar-refractivity contribution in [2.24, 2.45) is 0 Å². The van der Waals surface area contributed by atoms with Crippen LogP contribution in [0.5, 0.6) is 5.75 Å². The Morgan fingerprint density at radius 1 is 1.14 bits per heavy atom. The van der Waals surface area contributed by atoms with Crippen LogP contribution >= 0.6 is 0 Å². The van der Waals surface area contributed by atoms with Crippen molar-refractivity contribution in [2.45, 2.75) is 26.9 Å². The predicted octanol–water partition coefficient (Wildman–Crippen LogP) is 3.82. The van der Waals surface area contributed by atoms with Crippen molar-refractivity contribution in [1.29, 1.82) is 0 Å². The van der Waals surface area contributed by atoms with E-state index >= 15 is 0 Å². The summed E-state index contributed by atoms with van der Waals surface area (Å²) in [4.78, 5) is 11.5. The van der Waals surface area contributed by atoms with E-state index in [0.29, 0.717) is 13.2 Å². The van der Waals surface area contributed by atoms with Gasteiger partial charge in [0.25, 0.3) is 0 Å². The topological polar surface area (TPSA) is 35.5 Å². The van der Waals surface area contributed by atoms with Crippen molar-refractivity contribution in [1.82, 2.24) is 0 Å². The van der Waals surface area contributed by atoms with Gasteiger partial charge in [0.05, 0.1) is 13.0 Å². The molecule has 0 radical (unpaired) electrons. The highest BCUT2D eigenvalue weighted by atomic mass is 19.1. The van der Waals surface area contributed by atoms with Gasteiger partial charge in [-0.05, 0) is 54.8 Å². The van der Waals surface area contributed by atoms with Crippen molar-refractivity contribution in [3.63, 3.8) is 0 Å². The third kappa shape index (κ3) is 4.58. The SMILES string of the molecule is CCOC(=O)Cc1ccc(OCc2ccc(F)cc2)cc1C. The van der Waals surface area contributed by atoms with Crippen molar-refractivity contribution in [3.05, 3.63) is 65.0 Å². The Kier molecular flexibility index (Phi) is 5.53. The van der Waals surface area contributed by atoms with E-state index in [1.165, 1.54) is 12.1 Å². The molecule has 0 bridgehead atoms. The zero-order chi connectivity index (χ0) is 15.9. The molecule has 0 heterocycles. The lowest BCUT2D eigenvalue weighted by atomic mass is 10.1. The van der Waals surface area contributed by atoms with E-state index in [1.54, 1.807) is 19.1 Å². The first-order valence-corrected chi connectivity index (χ1v) is 7.21. The Hall–Kier alpha value is -2.36. The monoisotopic (exact) mass is 302 g/mol. The zero-order valence-electron chi connectivity index (χ0n) is 12.8. The molecular formula is C18H19FO3. The molecule has 3 nitrogen and oxygen atoms in total. The fourth-order valence-corrected chi connectivity index (χ4v) is 2.07. The number of rotatable bonds is 6. The third-order valence-electron chi connectivity index (χ3n) is 3.27. The van der Waals surface area contributed by atoms with Gasteiger partial charge in [-0.25, -0.2) is 4.39 Å². The van der Waals surface area contributed by atoms with Crippen LogP contribution in [0.25, 0.3) is 0 Å². The lowest BCUT2D eigenvalue weighted by molar-refractivity contribution is -0.142. The van der Waals surface area contributed by atoms with Gasteiger partial charge in [-0.15, -0.1) is 0 Å². The molecule has 2 aromatic carbocycles. The summed E-state index contributed by atoms with van der Waals surface area (Å²) >= 11 is 0. The molecule has 116 valence electrons. The first-order valence-electron chi connectivity index (χ1n) is 7.21. The van der Waals surface area contributed by atoms with Gasteiger partial charge in [0.15, 0.2) is 0 Å². The summed E-state index contributed by atoms with van der Waals surface area (Å²) in [5.41, 5.74) is 2.80. The quantitative estimate of drug-likeness (QED) is 0.761. The molecule has 0 amide bonds. The van der Waals surface area contributed by atoms with Crippen LogP contribution in [0.2, 0.25) is 0 Å². The van der Waals surface area contributed by atoms with E-state index in [-0.39, 0.29) is 18.2 Å². The van der Waals surface area contributed by atoms with E-state index in [4.69, 9.17) is 9.47 Å². The normalized spacial score (nSPS) is 10.3. The fourth-order valence-electron chi connectivity index (χ4n) is 2.07. The van der Waals surface area contributed by atoms with Crippen LogP contribution in [-0.4, -0.2) is 12.6 Å². The molecule has 2 rings (SSSR count). The number of benzene rings is 2. The molecule has 4 heteroatoms. The highest BCUT2D eigenvalue weighted by Gasteiger charge is 2.08. The minimum atomic E-state index is -0.261. The van der Waals surface area contributed by atoms with E-state index < -0.39 is 0 Å². The van der Waals surface area contributed by atoms with Crippen molar-refractivity contribution in [3.8, 4) is 5.75 Å². The van der Waals surface area contributed by atoms with Crippen LogP contribution in [0.4, 0.5) is 4.39 Å². The Labute approximate surface area is 129 Å². The lowest BCUT2D eigenvalue weighted by Gasteiger charge is -2.10. The van der Waals surface area contributed by atoms with Crippen LogP contribution in [-0.2, 0) is 22.6 Å². The minimum Gasteiger partial charge on any atom is -0.489 e. The second kappa shape index (κ2) is 7.59. The first-order chi connectivity index (χ1) is 10.6. The third-order valence-corrected chi connectivity index (χ3v) is 3.27. The molecular weight excluding hydrogens is 283 g/mol. The van der Waals surface area contributed by atoms with E-state index in [9.17, 15) is 9.18 Å². The van der Waals surface area contributed by atoms with Gasteiger partial charge in [0.2, 0.25) is 0 Å². The van der Waals surface area contributed by atoms with Gasteiger partial charge in [0.1, 0.15) is 18.2 Å². The van der Waals surface area contributed by atoms with Crippen molar-refractivity contribution < 1.29 is 18.7 Å². The number of carbonyl (C=O) groups excluding carboxylic acids is 1. The summed E-state index contributed by atoms with van der Waals surface area (Å²) in [6, 6.07) is 11.8. The number of ether oxygens (including phenoxy) is 2. The predicted molar refractivity (Wildman–Crippen MR) is 82.2 cm³/mol. The van der Waals surface area contributed by atoms with Gasteiger partial charge in [0, 0.05) is 0 Å². The Morgan fingerprint density at radius 2 is 1.86 bits per heavy atom. The highest BCUT2D eigenvalue weighted by molar-refractivity contribution is 5.73. The summed E-state index contributed by atoms with van der Waals surface area (Å²) < 4.78 is 23.5. The maximum atomic E-state index is 12.8. The second-order valence-corrected chi connectivity index (χ2v) is 4.99. The molecule has 0 aliphatic heterocycles. The number of carbonyl (C=O) groups is 1. The van der Waals surface area contributed by atoms with E-state index in [0.717, 1.165) is 22.4 Å². The second-order valence-electron chi connectivity index (χ2n) is 4.99. The molecule has 0 atom stereocenters. The molecule has 2 aromatic rings. The van der Waals surface area contributed by atoms with Crippen molar-refractivity contribution in [2.75, 3.05) is 6.61 Å². The molecule has 0 saturated carbocycles. The molecule has 0 aliphatic carbocycles. The number of esters is 1. The van der Waals surface area contributed by atoms with Crippen LogP contribution in [0.3, 0.4) is 0 Å². The lowest BCUT2D eigenvalue weighted by Crippen LogP contribution is -2.08. The molecule has 0 unspecified atom stereocenters. The van der Waals surface area contributed by atoms with Crippen LogP contribution in [0, 0.1) is 12.7 Å². The summed E-state index contributed by atoms with van der Waals surface area (Å²) in [7, 11) is 0. The fraction of sp³-hybridized carbons (Fsp3) is 0.278. The summed E-state index contributed by atoms with van der Waals surface area (Å²) in [6.45, 7) is 4.48. The minimum absolute atomic E-state index is 0.231. The molecule has 22 heavy (non-hydrogen) atoms. The molecule has 0 spiro atoms.